The van der Waals surface area contributed by atoms with E-state index in [0.717, 1.165) is 5.56 Å². The molecular weight excluding hydrogens is 346 g/mol. The molecule has 0 atom stereocenters. The lowest BCUT2D eigenvalue weighted by atomic mass is 10.2. The number of nitrogens with one attached hydrogen (secondary N) is 2. The van der Waals surface area contributed by atoms with E-state index in [4.69, 9.17) is 0 Å². The highest BCUT2D eigenvalue weighted by Gasteiger charge is 2.12. The monoisotopic (exact) mass is 366 g/mol. The molecule has 3 aromatic rings. The topological polar surface area (TPSA) is 111 Å². The molecule has 0 aliphatic heterocycles. The van der Waals surface area contributed by atoms with Gasteiger partial charge >= 0.3 is 0 Å². The Hall–Kier alpha value is -3.20. The normalized spacial score (nSPS) is 10.8. The van der Waals surface area contributed by atoms with Gasteiger partial charge in [0.2, 0.25) is 6.54 Å². The summed E-state index contributed by atoms with van der Waals surface area (Å²) >= 11 is 0. The van der Waals surface area contributed by atoms with Gasteiger partial charge in [-0.1, -0.05) is 36.4 Å². The predicted molar refractivity (Wildman–Crippen MR) is 96.3 cm³/mol. The lowest BCUT2D eigenvalue weighted by Crippen LogP contribution is -2.46. The largest absolute Gasteiger partial charge is 0.363 e. The fourth-order valence-electron chi connectivity index (χ4n) is 2.44. The van der Waals surface area contributed by atoms with Crippen molar-refractivity contribution < 1.29 is 19.6 Å². The van der Waals surface area contributed by atoms with Crippen LogP contribution < -0.4 is 15.4 Å². The van der Waals surface area contributed by atoms with Crippen LogP contribution in [-0.2, 0) is 17.9 Å². The molecule has 0 bridgehead atoms. The van der Waals surface area contributed by atoms with E-state index in [1.54, 1.807) is 17.0 Å². The van der Waals surface area contributed by atoms with Gasteiger partial charge in [0.1, 0.15) is 5.69 Å². The molecule has 0 saturated carbocycles. The van der Waals surface area contributed by atoms with Crippen LogP contribution in [0, 0.1) is 0 Å². The average molecular weight is 366 g/mol. The molecule has 27 heavy (non-hydrogen) atoms. The van der Waals surface area contributed by atoms with Crippen LogP contribution in [0.25, 0.3) is 11.4 Å². The molecule has 4 N–H and O–H groups in total. The lowest BCUT2D eigenvalue weighted by molar-refractivity contribution is -0.684. The number of aromatic nitrogens is 3. The van der Waals surface area contributed by atoms with Gasteiger partial charge in [0.25, 0.3) is 5.91 Å². The molecule has 0 radical (unpaired) electrons. The standard InChI is InChI=1S/C19H19N5O3/c25-17(13-24-9-5-2-6-10-24)23-20-12-15-11-16(19(26)27)22-18(21-15)14-7-3-1-4-8-14/h1-11,19-20,26-27H,12-13H2/p+1. The minimum absolute atomic E-state index is 0.0896. The van der Waals surface area contributed by atoms with Gasteiger partial charge < -0.3 is 10.2 Å². The maximum Gasteiger partial charge on any atom is 0.300 e. The highest BCUT2D eigenvalue weighted by atomic mass is 16.5. The molecule has 1 amide bonds. The number of pyridine rings is 1. The second-order valence-corrected chi connectivity index (χ2v) is 5.80. The van der Waals surface area contributed by atoms with Crippen LogP contribution in [0.2, 0.25) is 0 Å². The first-order chi connectivity index (χ1) is 13.1. The van der Waals surface area contributed by atoms with Gasteiger partial charge in [-0.05, 0) is 6.07 Å². The first-order valence-corrected chi connectivity index (χ1v) is 8.37. The number of amides is 1. The molecule has 0 fully saturated rings. The molecule has 0 saturated heterocycles. The summed E-state index contributed by atoms with van der Waals surface area (Å²) in [6.07, 6.45) is 1.88. The molecule has 0 unspecified atom stereocenters. The third-order valence-corrected chi connectivity index (χ3v) is 3.70. The summed E-state index contributed by atoms with van der Waals surface area (Å²) in [5.74, 6) is 0.162. The first kappa shape index (κ1) is 18.6. The Morgan fingerprint density at radius 2 is 1.74 bits per heavy atom. The second kappa shape index (κ2) is 8.95. The van der Waals surface area contributed by atoms with Crippen molar-refractivity contribution in [3.63, 3.8) is 0 Å². The molecule has 3 rings (SSSR count). The molecule has 8 nitrogen and oxygen atoms in total. The Morgan fingerprint density at radius 3 is 2.44 bits per heavy atom. The van der Waals surface area contributed by atoms with Gasteiger partial charge in [0, 0.05) is 17.7 Å². The van der Waals surface area contributed by atoms with Gasteiger partial charge in [0.15, 0.2) is 24.5 Å². The molecule has 1 aromatic carbocycles. The number of hydrogen-bond donors (Lipinski definition) is 4. The Balaban J connectivity index is 1.65. The Bertz CT molecular complexity index is 888. The SMILES string of the molecule is O=C(C[n+]1ccccc1)NNCc1cc(C(O)O)nc(-c2ccccc2)n1. The number of hydrazine groups is 1. The van der Waals surface area contributed by atoms with Crippen molar-refractivity contribution in [2.75, 3.05) is 0 Å². The van der Waals surface area contributed by atoms with Gasteiger partial charge in [-0.15, -0.1) is 0 Å². The molecule has 8 heteroatoms. The third-order valence-electron chi connectivity index (χ3n) is 3.70. The van der Waals surface area contributed by atoms with Gasteiger partial charge in [0.05, 0.1) is 12.2 Å². The van der Waals surface area contributed by atoms with E-state index in [2.05, 4.69) is 20.8 Å². The van der Waals surface area contributed by atoms with Crippen LogP contribution in [0.15, 0.2) is 67.0 Å². The zero-order valence-electron chi connectivity index (χ0n) is 14.5. The van der Waals surface area contributed by atoms with Crippen molar-refractivity contribution in [2.45, 2.75) is 19.4 Å². The average Bonchev–Trinajstić information content (AvgIpc) is 2.69. The van der Waals surface area contributed by atoms with Crippen molar-refractivity contribution in [1.82, 2.24) is 20.8 Å². The van der Waals surface area contributed by atoms with Crippen LogP contribution in [0.4, 0.5) is 0 Å². The molecule has 0 aliphatic rings. The van der Waals surface area contributed by atoms with Gasteiger partial charge in [-0.2, -0.15) is 4.57 Å². The maximum absolute atomic E-state index is 12.0. The van der Waals surface area contributed by atoms with E-state index >= 15 is 0 Å². The quantitative estimate of drug-likeness (QED) is 0.271. The summed E-state index contributed by atoms with van der Waals surface area (Å²) in [4.78, 5) is 20.5. The van der Waals surface area contributed by atoms with Crippen LogP contribution in [-0.4, -0.2) is 26.1 Å². The number of rotatable bonds is 7. The molecule has 138 valence electrons. The number of hydrogen-bond acceptors (Lipinski definition) is 6. The van der Waals surface area contributed by atoms with Crippen molar-refractivity contribution in [3.05, 3.63) is 78.4 Å². The highest BCUT2D eigenvalue weighted by Crippen LogP contribution is 2.17. The molecular formula is C19H20N5O3+. The summed E-state index contributed by atoms with van der Waals surface area (Å²) in [6.45, 7) is 0.376. The summed E-state index contributed by atoms with van der Waals surface area (Å²) in [6, 6.07) is 16.3. The Labute approximate surface area is 156 Å². The fraction of sp³-hybridized carbons (Fsp3) is 0.158. The highest BCUT2D eigenvalue weighted by molar-refractivity contribution is 5.73. The third kappa shape index (κ3) is 5.38. The number of benzene rings is 1. The number of aliphatic hydroxyl groups excluding tert-OH is 1. The second-order valence-electron chi connectivity index (χ2n) is 5.80. The summed E-state index contributed by atoms with van der Waals surface area (Å²) in [5.41, 5.74) is 6.75. The number of aliphatic hydroxyl groups is 2. The number of nitrogens with zero attached hydrogens (tertiary/aromatic N) is 3. The van der Waals surface area contributed by atoms with Gasteiger partial charge in [-0.25, -0.2) is 15.4 Å². The minimum atomic E-state index is -1.71. The fourth-order valence-corrected chi connectivity index (χ4v) is 2.44. The van der Waals surface area contributed by atoms with E-state index < -0.39 is 6.29 Å². The van der Waals surface area contributed by atoms with Crippen LogP contribution in [0.1, 0.15) is 17.7 Å². The van der Waals surface area contributed by atoms with E-state index in [-0.39, 0.29) is 24.7 Å². The first-order valence-electron chi connectivity index (χ1n) is 8.37. The van der Waals surface area contributed by atoms with Crippen LogP contribution >= 0.6 is 0 Å². The van der Waals surface area contributed by atoms with Crippen molar-refractivity contribution >= 4 is 5.91 Å². The van der Waals surface area contributed by atoms with Crippen molar-refractivity contribution in [3.8, 4) is 11.4 Å². The van der Waals surface area contributed by atoms with E-state index in [1.165, 1.54) is 6.07 Å². The smallest absolute Gasteiger partial charge is 0.300 e. The lowest BCUT2D eigenvalue weighted by Gasteiger charge is -2.10. The molecule has 0 aliphatic carbocycles. The minimum Gasteiger partial charge on any atom is -0.363 e. The van der Waals surface area contributed by atoms with Crippen molar-refractivity contribution in [1.29, 1.82) is 0 Å². The number of carbonyl (C=O) groups is 1. The van der Waals surface area contributed by atoms with Gasteiger partial charge in [-0.3, -0.25) is 10.2 Å². The van der Waals surface area contributed by atoms with Crippen LogP contribution in [0.3, 0.4) is 0 Å². The zero-order valence-corrected chi connectivity index (χ0v) is 14.5. The summed E-state index contributed by atoms with van der Waals surface area (Å²) < 4.78 is 1.75. The predicted octanol–water partition coefficient (Wildman–Crippen LogP) is 0.235. The maximum atomic E-state index is 12.0. The molecule has 2 heterocycles. The molecule has 2 aromatic heterocycles. The summed E-state index contributed by atoms with van der Waals surface area (Å²) in [7, 11) is 0. The number of carbonyl (C=O) groups excluding carboxylic acids is 1. The van der Waals surface area contributed by atoms with E-state index in [1.807, 2.05) is 48.5 Å². The summed E-state index contributed by atoms with van der Waals surface area (Å²) in [5, 5.41) is 18.9. The Kier molecular flexibility index (Phi) is 6.16. The van der Waals surface area contributed by atoms with Crippen LogP contribution in [0.5, 0.6) is 0 Å². The van der Waals surface area contributed by atoms with E-state index in [0.29, 0.717) is 11.5 Å². The van der Waals surface area contributed by atoms with Crippen molar-refractivity contribution in [2.24, 2.45) is 0 Å². The molecule has 0 spiro atoms. The Morgan fingerprint density at radius 1 is 1.04 bits per heavy atom. The van der Waals surface area contributed by atoms with E-state index in [9.17, 15) is 15.0 Å². The zero-order chi connectivity index (χ0) is 19.1.